The molecule has 0 bridgehead atoms. The molecular weight excluding hydrogens is 182 g/mol. The Morgan fingerprint density at radius 3 is 2.79 bits per heavy atom. The maximum absolute atomic E-state index is 11.0. The van der Waals surface area contributed by atoms with Crippen molar-refractivity contribution in [1.82, 2.24) is 4.98 Å². The molecule has 2 rings (SSSR count). The van der Waals surface area contributed by atoms with Crippen LogP contribution in [0.4, 0.5) is 0 Å². The van der Waals surface area contributed by atoms with E-state index in [0.717, 1.165) is 26.1 Å². The predicted molar refractivity (Wildman–Crippen MR) is 49.3 cm³/mol. The first-order chi connectivity index (χ1) is 6.77. The Morgan fingerprint density at radius 2 is 2.21 bits per heavy atom. The van der Waals surface area contributed by atoms with Gasteiger partial charge in [0.2, 0.25) is 0 Å². The second-order valence-corrected chi connectivity index (χ2v) is 3.51. The highest BCUT2D eigenvalue weighted by Gasteiger charge is 2.21. The molecule has 1 fully saturated rings. The minimum Gasteiger partial charge on any atom is -0.448 e. The fraction of sp³-hybridized carbons (Fsp3) is 0.600. The van der Waals surface area contributed by atoms with E-state index >= 15 is 0 Å². The van der Waals surface area contributed by atoms with Crippen LogP contribution in [0.15, 0.2) is 10.7 Å². The van der Waals surface area contributed by atoms with Gasteiger partial charge in [-0.05, 0) is 12.8 Å². The molecule has 0 amide bonds. The summed E-state index contributed by atoms with van der Waals surface area (Å²) in [6.45, 7) is 3.00. The lowest BCUT2D eigenvalue weighted by Crippen LogP contribution is -2.14. The molecule has 76 valence electrons. The average molecular weight is 195 g/mol. The van der Waals surface area contributed by atoms with Gasteiger partial charge in [0, 0.05) is 26.1 Å². The van der Waals surface area contributed by atoms with E-state index in [2.05, 4.69) is 4.98 Å². The molecule has 0 spiro atoms. The summed E-state index contributed by atoms with van der Waals surface area (Å²) in [4.78, 5) is 15.2. The van der Waals surface area contributed by atoms with Gasteiger partial charge in [-0.2, -0.15) is 0 Å². The Balaban J connectivity index is 2.11. The van der Waals surface area contributed by atoms with Crippen LogP contribution in [0.1, 0.15) is 42.1 Å². The van der Waals surface area contributed by atoms with Crippen LogP contribution < -0.4 is 0 Å². The monoisotopic (exact) mass is 195 g/mol. The molecule has 0 unspecified atom stereocenters. The number of carbonyl (C=O) groups excluding carboxylic acids is 1. The maximum atomic E-state index is 11.0. The summed E-state index contributed by atoms with van der Waals surface area (Å²) >= 11 is 0. The molecule has 0 radical (unpaired) electrons. The van der Waals surface area contributed by atoms with Gasteiger partial charge in [0.05, 0.1) is 0 Å². The van der Waals surface area contributed by atoms with Crippen molar-refractivity contribution in [2.24, 2.45) is 0 Å². The molecule has 4 nitrogen and oxygen atoms in total. The zero-order chi connectivity index (χ0) is 9.97. The SMILES string of the molecule is CC(=O)c1coc(C2CCOCC2)n1. The fourth-order valence-electron chi connectivity index (χ4n) is 1.58. The standard InChI is InChI=1S/C10H13NO3/c1-7(12)9-6-14-10(11-9)8-2-4-13-5-3-8/h6,8H,2-5H2,1H3. The van der Waals surface area contributed by atoms with E-state index in [1.807, 2.05) is 0 Å². The van der Waals surface area contributed by atoms with E-state index in [-0.39, 0.29) is 5.78 Å². The number of carbonyl (C=O) groups is 1. The summed E-state index contributed by atoms with van der Waals surface area (Å²) in [5.74, 6) is 0.947. The largest absolute Gasteiger partial charge is 0.448 e. The van der Waals surface area contributed by atoms with Gasteiger partial charge >= 0.3 is 0 Å². The van der Waals surface area contributed by atoms with Crippen LogP contribution in [0.2, 0.25) is 0 Å². The quantitative estimate of drug-likeness (QED) is 0.675. The summed E-state index contributed by atoms with van der Waals surface area (Å²) in [6.07, 6.45) is 3.29. The fourth-order valence-corrected chi connectivity index (χ4v) is 1.58. The van der Waals surface area contributed by atoms with Gasteiger partial charge in [-0.25, -0.2) is 4.98 Å². The highest BCUT2D eigenvalue weighted by Crippen LogP contribution is 2.25. The zero-order valence-corrected chi connectivity index (χ0v) is 8.16. The van der Waals surface area contributed by atoms with Crippen LogP contribution in [0.3, 0.4) is 0 Å². The summed E-state index contributed by atoms with van der Waals surface area (Å²) in [5, 5.41) is 0. The normalized spacial score (nSPS) is 18.4. The van der Waals surface area contributed by atoms with E-state index in [0.29, 0.717) is 17.5 Å². The minimum atomic E-state index is -0.0490. The number of ketones is 1. The Labute approximate surface area is 82.3 Å². The second-order valence-electron chi connectivity index (χ2n) is 3.51. The highest BCUT2D eigenvalue weighted by molar-refractivity contribution is 5.91. The number of hydrogen-bond acceptors (Lipinski definition) is 4. The molecule has 14 heavy (non-hydrogen) atoms. The Morgan fingerprint density at radius 1 is 1.50 bits per heavy atom. The number of Topliss-reactive ketones (excluding diaryl/α,β-unsaturated/α-hetero) is 1. The predicted octanol–water partition coefficient (Wildman–Crippen LogP) is 1.77. The molecule has 0 aromatic carbocycles. The highest BCUT2D eigenvalue weighted by atomic mass is 16.5. The third-order valence-electron chi connectivity index (χ3n) is 2.45. The minimum absolute atomic E-state index is 0.0490. The van der Waals surface area contributed by atoms with Crippen LogP contribution in [0.25, 0.3) is 0 Å². The Kier molecular flexibility index (Phi) is 2.63. The van der Waals surface area contributed by atoms with Gasteiger partial charge in [-0.15, -0.1) is 0 Å². The van der Waals surface area contributed by atoms with Crippen molar-refractivity contribution in [2.75, 3.05) is 13.2 Å². The molecule has 4 heteroatoms. The zero-order valence-electron chi connectivity index (χ0n) is 8.16. The lowest BCUT2D eigenvalue weighted by Gasteiger charge is -2.18. The number of rotatable bonds is 2. The molecule has 0 aliphatic carbocycles. The van der Waals surface area contributed by atoms with E-state index in [9.17, 15) is 4.79 Å². The van der Waals surface area contributed by atoms with Crippen molar-refractivity contribution in [3.8, 4) is 0 Å². The lowest BCUT2D eigenvalue weighted by atomic mass is 10.0. The summed E-state index contributed by atoms with van der Waals surface area (Å²) in [7, 11) is 0. The summed E-state index contributed by atoms with van der Waals surface area (Å²) in [5.41, 5.74) is 0.423. The number of aromatic nitrogens is 1. The van der Waals surface area contributed by atoms with Gasteiger partial charge in [-0.3, -0.25) is 4.79 Å². The van der Waals surface area contributed by atoms with E-state index in [1.54, 1.807) is 0 Å². The lowest BCUT2D eigenvalue weighted by molar-refractivity contribution is 0.0794. The molecule has 0 atom stereocenters. The number of hydrogen-bond donors (Lipinski definition) is 0. The van der Waals surface area contributed by atoms with Gasteiger partial charge < -0.3 is 9.15 Å². The molecule has 1 aromatic rings. The first-order valence-corrected chi connectivity index (χ1v) is 4.81. The molecule has 0 N–H and O–H groups in total. The number of oxazole rings is 1. The number of ether oxygens (including phenoxy) is 1. The smallest absolute Gasteiger partial charge is 0.197 e. The summed E-state index contributed by atoms with van der Waals surface area (Å²) < 4.78 is 10.5. The molecule has 1 saturated heterocycles. The molecule has 1 aliphatic heterocycles. The molecule has 1 aliphatic rings. The van der Waals surface area contributed by atoms with Gasteiger partial charge in [0.1, 0.15) is 12.0 Å². The molecule has 2 heterocycles. The molecular formula is C10H13NO3. The van der Waals surface area contributed by atoms with Gasteiger partial charge in [0.25, 0.3) is 0 Å². The van der Waals surface area contributed by atoms with Gasteiger partial charge in [0.15, 0.2) is 11.7 Å². The van der Waals surface area contributed by atoms with E-state index < -0.39 is 0 Å². The van der Waals surface area contributed by atoms with Crippen LogP contribution in [0.5, 0.6) is 0 Å². The molecule has 1 aromatic heterocycles. The second kappa shape index (κ2) is 3.92. The van der Waals surface area contributed by atoms with Crippen molar-refractivity contribution in [3.63, 3.8) is 0 Å². The van der Waals surface area contributed by atoms with Crippen LogP contribution >= 0.6 is 0 Å². The van der Waals surface area contributed by atoms with Crippen molar-refractivity contribution in [1.29, 1.82) is 0 Å². The van der Waals surface area contributed by atoms with E-state index in [1.165, 1.54) is 13.2 Å². The van der Waals surface area contributed by atoms with Crippen molar-refractivity contribution >= 4 is 5.78 Å². The Bertz CT molecular complexity index is 326. The van der Waals surface area contributed by atoms with Crippen molar-refractivity contribution < 1.29 is 13.9 Å². The topological polar surface area (TPSA) is 52.3 Å². The van der Waals surface area contributed by atoms with Crippen LogP contribution in [-0.4, -0.2) is 24.0 Å². The first-order valence-electron chi connectivity index (χ1n) is 4.81. The van der Waals surface area contributed by atoms with Crippen LogP contribution in [0, 0.1) is 0 Å². The maximum Gasteiger partial charge on any atom is 0.197 e. The average Bonchev–Trinajstić information content (AvgIpc) is 2.68. The third kappa shape index (κ3) is 1.85. The first kappa shape index (κ1) is 9.40. The third-order valence-corrected chi connectivity index (χ3v) is 2.45. The van der Waals surface area contributed by atoms with E-state index in [4.69, 9.17) is 9.15 Å². The van der Waals surface area contributed by atoms with Crippen molar-refractivity contribution in [2.45, 2.75) is 25.7 Å². The summed E-state index contributed by atoms with van der Waals surface area (Å²) in [6, 6.07) is 0. The van der Waals surface area contributed by atoms with Crippen LogP contribution in [-0.2, 0) is 4.74 Å². The number of nitrogens with zero attached hydrogens (tertiary/aromatic N) is 1. The molecule has 0 saturated carbocycles. The Hall–Kier alpha value is -1.16. The van der Waals surface area contributed by atoms with Gasteiger partial charge in [-0.1, -0.05) is 0 Å². The van der Waals surface area contributed by atoms with Crippen molar-refractivity contribution in [3.05, 3.63) is 17.8 Å².